The smallest absolute Gasteiger partial charge is 1.00 e. The third kappa shape index (κ3) is 3.71. The molecule has 146 valence electrons. The monoisotopic (exact) mass is 455 g/mol. The molecule has 1 unspecified atom stereocenters. The first-order valence-electron chi connectivity index (χ1n) is 9.63. The topological polar surface area (TPSA) is 4.93 Å². The molecule has 3 aromatic rings. The van der Waals surface area contributed by atoms with Crippen LogP contribution < -0.4 is 24.8 Å². The van der Waals surface area contributed by atoms with E-state index in [0.29, 0.717) is 4.22 Å². The molecule has 0 spiro atoms. The molecule has 2 aromatic carbocycles. The molecule has 0 saturated heterocycles. The largest absolute Gasteiger partial charge is 1.00 e. The average Bonchev–Trinajstić information content (AvgIpc) is 3.33. The van der Waals surface area contributed by atoms with Crippen LogP contribution in [0.15, 0.2) is 81.4 Å². The molecule has 5 rings (SSSR count). The first-order chi connectivity index (χ1) is 13.1. The number of hydrogen-bond acceptors (Lipinski definition) is 0. The molecule has 0 amide bonds. The van der Waals surface area contributed by atoms with Crippen LogP contribution in [-0.4, -0.2) is 4.57 Å². The molecule has 0 radical (unpaired) electrons. The van der Waals surface area contributed by atoms with Gasteiger partial charge >= 0.3 is 170 Å². The van der Waals surface area contributed by atoms with Gasteiger partial charge in [-0.05, 0) is 0 Å². The summed E-state index contributed by atoms with van der Waals surface area (Å²) in [5.41, 5.74) is 10.3. The molecule has 0 N–H and O–H groups in total. The van der Waals surface area contributed by atoms with Gasteiger partial charge in [-0.3, -0.25) is 0 Å². The number of halogens is 2. The van der Waals surface area contributed by atoms with E-state index in [1.165, 1.54) is 39.7 Å². The van der Waals surface area contributed by atoms with Gasteiger partial charge in [0.25, 0.3) is 0 Å². The summed E-state index contributed by atoms with van der Waals surface area (Å²) in [5, 5.41) is 1.32. The van der Waals surface area contributed by atoms with Crippen LogP contribution in [0.1, 0.15) is 42.5 Å². The summed E-state index contributed by atoms with van der Waals surface area (Å²) in [5.74, 6) is 0. The van der Waals surface area contributed by atoms with Crippen LogP contribution >= 0.6 is 0 Å². The van der Waals surface area contributed by atoms with Crippen molar-refractivity contribution in [3.63, 3.8) is 0 Å². The van der Waals surface area contributed by atoms with Crippen molar-refractivity contribution in [2.75, 3.05) is 0 Å². The zero-order chi connectivity index (χ0) is 18.5. The summed E-state index contributed by atoms with van der Waals surface area (Å²) in [6.45, 7) is 6.93. The van der Waals surface area contributed by atoms with E-state index >= 15 is 0 Å². The van der Waals surface area contributed by atoms with Crippen molar-refractivity contribution in [1.82, 2.24) is 4.57 Å². The Labute approximate surface area is 194 Å². The SMILES string of the molecule is CC1=C(C)C(C)=[C]([Ti+2][CH]2C(n3ccc4ccccc43)=Cc3ccccc32)C1.[Cl-].[Cl-]. The van der Waals surface area contributed by atoms with Crippen LogP contribution in [0.25, 0.3) is 22.7 Å². The molecule has 0 bridgehead atoms. The number of fused-ring (bicyclic) bond motifs is 2. The molecule has 0 saturated carbocycles. The van der Waals surface area contributed by atoms with Gasteiger partial charge in [0.15, 0.2) is 0 Å². The van der Waals surface area contributed by atoms with Crippen molar-refractivity contribution in [2.24, 2.45) is 0 Å². The van der Waals surface area contributed by atoms with E-state index < -0.39 is 0 Å². The Balaban J connectivity index is 0.00000120. The van der Waals surface area contributed by atoms with Crippen LogP contribution in [0.2, 0.25) is 0 Å². The van der Waals surface area contributed by atoms with Crippen LogP contribution in [0.3, 0.4) is 0 Å². The second kappa shape index (κ2) is 8.70. The maximum atomic E-state index is 2.43. The van der Waals surface area contributed by atoms with Gasteiger partial charge in [0.05, 0.1) is 0 Å². The zero-order valence-corrected chi connectivity index (χ0v) is 19.9. The summed E-state index contributed by atoms with van der Waals surface area (Å²) < 4.78 is 4.70. The van der Waals surface area contributed by atoms with E-state index in [0.717, 1.165) is 0 Å². The van der Waals surface area contributed by atoms with E-state index in [-0.39, 0.29) is 44.0 Å². The summed E-state index contributed by atoms with van der Waals surface area (Å²) in [7, 11) is 0. The minimum absolute atomic E-state index is 0. The third-order valence-corrected chi connectivity index (χ3v) is 9.00. The van der Waals surface area contributed by atoms with Gasteiger partial charge in [-0.1, -0.05) is 0 Å². The minimum atomic E-state index is -0.288. The van der Waals surface area contributed by atoms with Gasteiger partial charge in [-0.25, -0.2) is 0 Å². The number of nitrogens with zero attached hydrogens (tertiary/aromatic N) is 1. The zero-order valence-electron chi connectivity index (χ0n) is 16.8. The van der Waals surface area contributed by atoms with Crippen molar-refractivity contribution < 1.29 is 44.0 Å². The molecule has 1 nitrogen and oxygen atoms in total. The normalized spacial score (nSPS) is 17.6. The number of aromatic nitrogens is 1. The first-order valence-corrected chi connectivity index (χ1v) is 11.3. The second-order valence-electron chi connectivity index (χ2n) is 7.71. The molecule has 1 heterocycles. The van der Waals surface area contributed by atoms with E-state index in [2.05, 4.69) is 92.2 Å². The molecule has 29 heavy (non-hydrogen) atoms. The molecular weight excluding hydrogens is 433 g/mol. The fourth-order valence-electron chi connectivity index (χ4n) is 4.39. The van der Waals surface area contributed by atoms with Crippen molar-refractivity contribution in [1.29, 1.82) is 0 Å². The number of benzene rings is 2. The van der Waals surface area contributed by atoms with Crippen LogP contribution in [0.5, 0.6) is 0 Å². The minimum Gasteiger partial charge on any atom is -1.00 e. The van der Waals surface area contributed by atoms with E-state index in [1.54, 1.807) is 15.0 Å². The van der Waals surface area contributed by atoms with Gasteiger partial charge in [0, 0.05) is 0 Å². The quantitative estimate of drug-likeness (QED) is 0.515. The summed E-state index contributed by atoms with van der Waals surface area (Å²) in [6, 6.07) is 20.0. The molecule has 2 aliphatic rings. The Morgan fingerprint density at radius 3 is 2.34 bits per heavy atom. The van der Waals surface area contributed by atoms with Gasteiger partial charge in [0.2, 0.25) is 0 Å². The molecule has 4 heteroatoms. The Bertz CT molecular complexity index is 1170. The van der Waals surface area contributed by atoms with Gasteiger partial charge < -0.3 is 24.8 Å². The summed E-state index contributed by atoms with van der Waals surface area (Å²) >= 11 is -0.288. The first kappa shape index (κ1) is 22.2. The molecule has 2 aliphatic carbocycles. The summed E-state index contributed by atoms with van der Waals surface area (Å²) in [6.07, 6.45) is 5.87. The third-order valence-electron chi connectivity index (χ3n) is 6.20. The van der Waals surface area contributed by atoms with Gasteiger partial charge in [-0.15, -0.1) is 0 Å². The van der Waals surface area contributed by atoms with E-state index in [1.807, 2.05) is 0 Å². The average molecular weight is 456 g/mol. The molecule has 0 aliphatic heterocycles. The molecule has 1 atom stereocenters. The van der Waals surface area contributed by atoms with Crippen molar-refractivity contribution in [3.05, 3.63) is 92.5 Å². The number of para-hydroxylation sites is 1. The predicted molar refractivity (Wildman–Crippen MR) is 111 cm³/mol. The van der Waals surface area contributed by atoms with Gasteiger partial charge in [0.1, 0.15) is 0 Å². The van der Waals surface area contributed by atoms with Crippen molar-refractivity contribution in [2.45, 2.75) is 31.4 Å². The maximum Gasteiger partial charge on any atom is -1.00 e. The molecular formula is C25H23Cl2NTi. The van der Waals surface area contributed by atoms with E-state index in [4.69, 9.17) is 0 Å². The van der Waals surface area contributed by atoms with Gasteiger partial charge in [-0.2, -0.15) is 0 Å². The number of rotatable bonds is 3. The van der Waals surface area contributed by atoms with Crippen LogP contribution in [0.4, 0.5) is 0 Å². The number of hydrogen-bond donors (Lipinski definition) is 0. The second-order valence-corrected chi connectivity index (χ2v) is 10.0. The predicted octanol–water partition coefficient (Wildman–Crippen LogP) is 0.799. The Hall–Kier alpha value is -1.51. The molecule has 0 fully saturated rings. The fourth-order valence-corrected chi connectivity index (χ4v) is 7.37. The maximum absolute atomic E-state index is 2.43. The fraction of sp³-hybridized carbons (Fsp3) is 0.200. The Morgan fingerprint density at radius 2 is 1.59 bits per heavy atom. The Kier molecular flexibility index (Phi) is 6.65. The van der Waals surface area contributed by atoms with Crippen molar-refractivity contribution >= 4 is 22.7 Å². The number of allylic oxidation sites excluding steroid dienone is 5. The molecule has 1 aromatic heterocycles. The summed E-state index contributed by atoms with van der Waals surface area (Å²) in [4.78, 5) is 0. The Morgan fingerprint density at radius 1 is 0.862 bits per heavy atom. The van der Waals surface area contributed by atoms with Crippen LogP contribution in [0, 0.1) is 0 Å². The van der Waals surface area contributed by atoms with E-state index in [9.17, 15) is 0 Å². The van der Waals surface area contributed by atoms with Crippen molar-refractivity contribution in [3.8, 4) is 0 Å². The standard InChI is InChI=1S/C17H12N.C8H11.2ClH.Ti/c1-2-7-15-12-16(11-14(15)6-1)18-10-9-13-5-3-4-8-17(13)18;1-6-4-5-7(2)8(6)3;;;/h1-12H;4H2,1-3H3;2*1H;/q;;;;+2/p-2. The van der Waals surface area contributed by atoms with Crippen LogP contribution in [-0.2, 0) is 19.2 Å².